The van der Waals surface area contributed by atoms with Crippen molar-refractivity contribution < 1.29 is 13.2 Å². The molecule has 0 radical (unpaired) electrons. The number of alkyl halides is 3. The molecule has 0 spiro atoms. The van der Waals surface area contributed by atoms with Crippen LogP contribution in [0.4, 0.5) is 13.2 Å². The maximum Gasteiger partial charge on any atom is 0.390 e. The number of hydrogen-bond donors (Lipinski definition) is 1. The molecule has 15 heavy (non-hydrogen) atoms. The summed E-state index contributed by atoms with van der Waals surface area (Å²) in [5.41, 5.74) is -0.383. The van der Waals surface area contributed by atoms with Gasteiger partial charge in [-0.2, -0.15) is 18.4 Å². The van der Waals surface area contributed by atoms with E-state index in [2.05, 4.69) is 11.4 Å². The lowest BCUT2D eigenvalue weighted by atomic mass is 9.90. The van der Waals surface area contributed by atoms with Crippen LogP contribution < -0.4 is 5.32 Å². The first-order valence-corrected chi connectivity index (χ1v) is 4.95. The lowest BCUT2D eigenvalue weighted by molar-refractivity contribution is -0.133. The normalized spacial score (nSPS) is 12.5. The lowest BCUT2D eigenvalue weighted by Gasteiger charge is -2.14. The van der Waals surface area contributed by atoms with Crippen LogP contribution in [0.1, 0.15) is 33.1 Å². The molecule has 0 fully saturated rings. The van der Waals surface area contributed by atoms with E-state index in [1.165, 1.54) is 0 Å². The van der Waals surface area contributed by atoms with Crippen molar-refractivity contribution in [1.29, 1.82) is 5.26 Å². The molecule has 0 aliphatic carbocycles. The minimum absolute atomic E-state index is 0.0452. The van der Waals surface area contributed by atoms with E-state index in [0.717, 1.165) is 6.42 Å². The van der Waals surface area contributed by atoms with Crippen molar-refractivity contribution in [1.82, 2.24) is 5.32 Å². The van der Waals surface area contributed by atoms with Crippen molar-refractivity contribution in [3.05, 3.63) is 0 Å². The van der Waals surface area contributed by atoms with Gasteiger partial charge in [0.25, 0.3) is 0 Å². The highest BCUT2D eigenvalue weighted by Crippen LogP contribution is 2.20. The second kappa shape index (κ2) is 5.96. The maximum atomic E-state index is 11.7. The Balaban J connectivity index is 3.38. The fourth-order valence-corrected chi connectivity index (χ4v) is 1.07. The molecule has 5 heteroatoms. The van der Waals surface area contributed by atoms with Gasteiger partial charge in [0.1, 0.15) is 0 Å². The molecule has 0 saturated carbocycles. The molecule has 0 aliphatic rings. The third kappa shape index (κ3) is 9.54. The molecule has 0 amide bonds. The van der Waals surface area contributed by atoms with Crippen LogP contribution in [0.25, 0.3) is 0 Å². The van der Waals surface area contributed by atoms with Crippen LogP contribution in [-0.4, -0.2) is 19.3 Å². The molecule has 0 bridgehead atoms. The molecule has 0 aliphatic heterocycles. The van der Waals surface area contributed by atoms with Crippen molar-refractivity contribution >= 4 is 0 Å². The highest BCUT2D eigenvalue weighted by molar-refractivity contribution is 4.91. The summed E-state index contributed by atoms with van der Waals surface area (Å²) in [7, 11) is 0. The summed E-state index contributed by atoms with van der Waals surface area (Å²) in [6.45, 7) is 4.13. The zero-order valence-electron chi connectivity index (χ0n) is 9.12. The molecular formula is C10H17F3N2. The summed E-state index contributed by atoms with van der Waals surface area (Å²) in [4.78, 5) is 0. The summed E-state index contributed by atoms with van der Waals surface area (Å²) in [5.74, 6) is 0. The van der Waals surface area contributed by atoms with Crippen LogP contribution in [0.5, 0.6) is 0 Å². The average molecular weight is 222 g/mol. The van der Waals surface area contributed by atoms with Gasteiger partial charge in [-0.25, -0.2) is 0 Å². The predicted molar refractivity (Wildman–Crippen MR) is 52.2 cm³/mol. The first kappa shape index (κ1) is 14.2. The Bertz CT molecular complexity index is 216. The van der Waals surface area contributed by atoms with E-state index in [1.807, 2.05) is 13.8 Å². The Labute approximate surface area is 88.5 Å². The van der Waals surface area contributed by atoms with Crippen molar-refractivity contribution in [2.24, 2.45) is 5.41 Å². The minimum atomic E-state index is -4.08. The van der Waals surface area contributed by atoms with Crippen molar-refractivity contribution in [3.63, 3.8) is 0 Å². The van der Waals surface area contributed by atoms with Gasteiger partial charge in [0.2, 0.25) is 0 Å². The fourth-order valence-electron chi connectivity index (χ4n) is 1.07. The van der Waals surface area contributed by atoms with E-state index in [-0.39, 0.29) is 12.0 Å². The van der Waals surface area contributed by atoms with Crippen LogP contribution in [0.2, 0.25) is 0 Å². The SMILES string of the molecule is CC(C)(C#N)CCCNCCC(F)(F)F. The predicted octanol–water partition coefficient (Wildman–Crippen LogP) is 2.86. The van der Waals surface area contributed by atoms with Crippen LogP contribution in [0, 0.1) is 16.7 Å². The van der Waals surface area contributed by atoms with Crippen molar-refractivity contribution in [3.8, 4) is 6.07 Å². The molecule has 0 atom stereocenters. The van der Waals surface area contributed by atoms with Gasteiger partial charge in [-0.05, 0) is 33.2 Å². The number of nitrogens with zero attached hydrogens (tertiary/aromatic N) is 1. The van der Waals surface area contributed by atoms with E-state index < -0.39 is 12.6 Å². The van der Waals surface area contributed by atoms with E-state index in [1.54, 1.807) is 0 Å². The third-order valence-electron chi connectivity index (χ3n) is 2.04. The Morgan fingerprint density at radius 1 is 1.13 bits per heavy atom. The van der Waals surface area contributed by atoms with E-state index in [0.29, 0.717) is 13.0 Å². The van der Waals surface area contributed by atoms with Crippen LogP contribution in [-0.2, 0) is 0 Å². The van der Waals surface area contributed by atoms with Crippen LogP contribution in [0.15, 0.2) is 0 Å². The molecular weight excluding hydrogens is 205 g/mol. The fraction of sp³-hybridized carbons (Fsp3) is 0.900. The average Bonchev–Trinajstić information content (AvgIpc) is 2.09. The number of halogens is 3. The van der Waals surface area contributed by atoms with Gasteiger partial charge in [-0.15, -0.1) is 0 Å². The Hall–Kier alpha value is -0.760. The van der Waals surface area contributed by atoms with Crippen LogP contribution >= 0.6 is 0 Å². The molecule has 2 nitrogen and oxygen atoms in total. The van der Waals surface area contributed by atoms with E-state index in [4.69, 9.17) is 5.26 Å². The quantitative estimate of drug-likeness (QED) is 0.701. The highest BCUT2D eigenvalue weighted by atomic mass is 19.4. The molecule has 0 rings (SSSR count). The first-order valence-electron chi connectivity index (χ1n) is 4.95. The minimum Gasteiger partial charge on any atom is -0.316 e. The van der Waals surface area contributed by atoms with Gasteiger partial charge in [-0.1, -0.05) is 0 Å². The summed E-state index contributed by atoms with van der Waals surface area (Å²) < 4.78 is 35.2. The topological polar surface area (TPSA) is 35.8 Å². The summed E-state index contributed by atoms with van der Waals surface area (Å²) in [5, 5.41) is 11.4. The highest BCUT2D eigenvalue weighted by Gasteiger charge is 2.25. The molecule has 0 aromatic rings. The van der Waals surface area contributed by atoms with Gasteiger partial charge >= 0.3 is 6.18 Å². The molecule has 0 saturated heterocycles. The zero-order valence-corrected chi connectivity index (χ0v) is 9.12. The Kier molecular flexibility index (Phi) is 5.66. The molecule has 88 valence electrons. The van der Waals surface area contributed by atoms with Crippen LogP contribution in [0.3, 0.4) is 0 Å². The molecule has 0 heterocycles. The zero-order chi connectivity index (χ0) is 11.9. The standard InChI is InChI=1S/C10H17F3N2/c1-9(2,8-14)4-3-6-15-7-5-10(11,12)13/h15H,3-7H2,1-2H3. The lowest BCUT2D eigenvalue weighted by Crippen LogP contribution is -2.23. The second-order valence-corrected chi connectivity index (χ2v) is 4.21. The number of nitrogens with one attached hydrogen (secondary N) is 1. The Morgan fingerprint density at radius 3 is 2.20 bits per heavy atom. The second-order valence-electron chi connectivity index (χ2n) is 4.21. The molecule has 1 N–H and O–H groups in total. The number of hydrogen-bond acceptors (Lipinski definition) is 2. The smallest absolute Gasteiger partial charge is 0.316 e. The van der Waals surface area contributed by atoms with E-state index in [9.17, 15) is 13.2 Å². The molecule has 0 aromatic carbocycles. The molecule has 0 unspecified atom stereocenters. The van der Waals surface area contributed by atoms with Gasteiger partial charge in [0, 0.05) is 6.54 Å². The van der Waals surface area contributed by atoms with E-state index >= 15 is 0 Å². The maximum absolute atomic E-state index is 11.7. The third-order valence-corrected chi connectivity index (χ3v) is 2.04. The van der Waals surface area contributed by atoms with Gasteiger partial charge in [0.05, 0.1) is 17.9 Å². The largest absolute Gasteiger partial charge is 0.390 e. The Morgan fingerprint density at radius 2 is 1.73 bits per heavy atom. The molecule has 0 aromatic heterocycles. The first-order chi connectivity index (χ1) is 6.77. The van der Waals surface area contributed by atoms with Crippen molar-refractivity contribution in [2.45, 2.75) is 39.3 Å². The summed E-state index contributed by atoms with van der Waals surface area (Å²) >= 11 is 0. The van der Waals surface area contributed by atoms with Gasteiger partial charge in [-0.3, -0.25) is 0 Å². The number of rotatable bonds is 6. The van der Waals surface area contributed by atoms with Gasteiger partial charge < -0.3 is 5.32 Å². The van der Waals surface area contributed by atoms with Gasteiger partial charge in [0.15, 0.2) is 0 Å². The van der Waals surface area contributed by atoms with Crippen molar-refractivity contribution in [2.75, 3.05) is 13.1 Å². The summed E-state index contributed by atoms with van der Waals surface area (Å²) in [6.07, 6.45) is -3.46. The summed E-state index contributed by atoms with van der Waals surface area (Å²) in [6, 6.07) is 2.15. The monoisotopic (exact) mass is 222 g/mol. The number of nitriles is 1.